The van der Waals surface area contributed by atoms with Gasteiger partial charge in [-0.25, -0.2) is 4.79 Å². The van der Waals surface area contributed by atoms with Gasteiger partial charge in [-0.3, -0.25) is 0 Å². The van der Waals surface area contributed by atoms with Gasteiger partial charge in [-0.1, -0.05) is 6.07 Å². The molecule has 0 unspecified atom stereocenters. The summed E-state index contributed by atoms with van der Waals surface area (Å²) >= 11 is 0. The average molecular weight is 747 g/mol. The van der Waals surface area contributed by atoms with Crippen LogP contribution < -0.4 is 9.47 Å². The number of aliphatic hydroxyl groups excluding tert-OH is 1. The highest BCUT2D eigenvalue weighted by atomic mass is 16.6. The van der Waals surface area contributed by atoms with E-state index in [0.29, 0.717) is 0 Å². The largest absolute Gasteiger partial charge is 0.508 e. The number of aromatic hydroxyl groups is 12. The van der Waals surface area contributed by atoms with Gasteiger partial charge in [-0.05, 0) is 42.0 Å². The van der Waals surface area contributed by atoms with Gasteiger partial charge in [0.05, 0.1) is 17.6 Å². The standard InChI is InChI=1S/C37H30O17/c38-15-8-20(42)28-27(9-15)52-34(13-4-22(44)31(49)23(45)5-13)36(54-37(51)14-6-24(46)32(50)25(47)7-14)30(28)29-21(43)11-18(40)16-10-26(48)33(53-35(16)29)12-1-2-17(39)19(41)3-12/h1-9,11,26,30,33-34,36,38-50H,10H2/t26-,30+,33+,34+,36+/m0/s1. The maximum absolute atomic E-state index is 13.9. The molecule has 5 aromatic rings. The molecule has 2 aliphatic rings. The summed E-state index contributed by atoms with van der Waals surface area (Å²) in [5, 5.41) is 137. The van der Waals surface area contributed by atoms with E-state index >= 15 is 0 Å². The molecule has 0 aliphatic carbocycles. The number of hydrogen-bond acceptors (Lipinski definition) is 17. The fraction of sp³-hybridized carbons (Fsp3) is 0.162. The Hall–Kier alpha value is -7.27. The molecule has 13 N–H and O–H groups in total. The first-order valence-electron chi connectivity index (χ1n) is 15.9. The molecule has 0 aromatic heterocycles. The SMILES string of the molecule is O=C(O[C@@H]1[C@@H](c2c(O)cc(O)c3c2O[C@H](c2ccc(O)c(O)c2)[C@@H](O)C3)c2c(O)cc(O)cc2O[C@@H]1c1cc(O)c(O)c(O)c1)c1cc(O)c(O)c(O)c1. The molecule has 17 heteroatoms. The minimum atomic E-state index is -1.84. The Labute approximate surface area is 302 Å². The lowest BCUT2D eigenvalue weighted by molar-refractivity contribution is -0.0286. The zero-order valence-corrected chi connectivity index (χ0v) is 27.3. The quantitative estimate of drug-likeness (QED) is 0.0901. The Balaban J connectivity index is 1.49. The predicted octanol–water partition coefficient (Wildman–Crippen LogP) is 3.68. The van der Waals surface area contributed by atoms with Crippen LogP contribution in [0, 0.1) is 0 Å². The van der Waals surface area contributed by atoms with Crippen molar-refractivity contribution in [3.05, 3.63) is 94.0 Å². The summed E-state index contributed by atoms with van der Waals surface area (Å²) in [5.41, 5.74) is -1.20. The summed E-state index contributed by atoms with van der Waals surface area (Å²) in [6, 6.07) is 9.83. The van der Waals surface area contributed by atoms with E-state index in [1.54, 1.807) is 0 Å². The van der Waals surface area contributed by atoms with Gasteiger partial charge in [0.25, 0.3) is 0 Å². The maximum Gasteiger partial charge on any atom is 0.338 e. The van der Waals surface area contributed by atoms with Crippen molar-refractivity contribution in [2.45, 2.75) is 36.8 Å². The van der Waals surface area contributed by atoms with Crippen LogP contribution in [0.5, 0.6) is 80.5 Å². The molecule has 0 bridgehead atoms. The van der Waals surface area contributed by atoms with Gasteiger partial charge >= 0.3 is 5.97 Å². The predicted molar refractivity (Wildman–Crippen MR) is 180 cm³/mol. The molecule has 17 nitrogen and oxygen atoms in total. The molecule has 0 saturated carbocycles. The monoisotopic (exact) mass is 746 g/mol. The third kappa shape index (κ3) is 5.77. The highest BCUT2D eigenvalue weighted by molar-refractivity contribution is 5.91. The Morgan fingerprint density at radius 1 is 0.574 bits per heavy atom. The van der Waals surface area contributed by atoms with E-state index in [1.807, 2.05) is 0 Å². The summed E-state index contributed by atoms with van der Waals surface area (Å²) in [7, 11) is 0. The molecule has 2 heterocycles. The van der Waals surface area contributed by atoms with E-state index in [0.717, 1.165) is 54.6 Å². The number of rotatable bonds is 5. The molecule has 280 valence electrons. The van der Waals surface area contributed by atoms with Gasteiger partial charge < -0.3 is 80.6 Å². The molecule has 7 rings (SSSR count). The van der Waals surface area contributed by atoms with Gasteiger partial charge in [0.2, 0.25) is 0 Å². The second kappa shape index (κ2) is 12.7. The van der Waals surface area contributed by atoms with E-state index < -0.39 is 111 Å². The third-order valence-corrected chi connectivity index (χ3v) is 9.29. The summed E-state index contributed by atoms with van der Waals surface area (Å²) in [6.45, 7) is 0. The number of carbonyl (C=O) groups is 1. The fourth-order valence-corrected chi connectivity index (χ4v) is 6.80. The van der Waals surface area contributed by atoms with Gasteiger partial charge in [0, 0.05) is 46.9 Å². The van der Waals surface area contributed by atoms with Crippen molar-refractivity contribution in [2.75, 3.05) is 0 Å². The summed E-state index contributed by atoms with van der Waals surface area (Å²) in [6.07, 6.45) is -6.57. The molecule has 5 atom stereocenters. The van der Waals surface area contributed by atoms with Crippen LogP contribution in [0.25, 0.3) is 0 Å². The van der Waals surface area contributed by atoms with Crippen LogP contribution in [0.3, 0.4) is 0 Å². The van der Waals surface area contributed by atoms with Gasteiger partial charge in [-0.15, -0.1) is 0 Å². The maximum atomic E-state index is 13.9. The molecule has 0 amide bonds. The Kier molecular flexibility index (Phi) is 8.29. The van der Waals surface area contributed by atoms with Crippen molar-refractivity contribution in [2.24, 2.45) is 0 Å². The first-order valence-corrected chi connectivity index (χ1v) is 15.9. The van der Waals surface area contributed by atoms with E-state index in [-0.39, 0.29) is 45.7 Å². The fourth-order valence-electron chi connectivity index (χ4n) is 6.80. The molecule has 2 aliphatic heterocycles. The summed E-state index contributed by atoms with van der Waals surface area (Å²) in [4.78, 5) is 13.9. The second-order valence-electron chi connectivity index (χ2n) is 12.7. The van der Waals surface area contributed by atoms with Crippen LogP contribution in [-0.2, 0) is 11.2 Å². The first-order chi connectivity index (χ1) is 25.5. The minimum absolute atomic E-state index is 0.0733. The molecule has 0 spiro atoms. The average Bonchev–Trinajstić information content (AvgIpc) is 3.10. The first kappa shape index (κ1) is 35.1. The number of phenols is 12. The summed E-state index contributed by atoms with van der Waals surface area (Å²) in [5.74, 6) is -12.5. The molecular formula is C37H30O17. The molecule has 5 aromatic carbocycles. The van der Waals surface area contributed by atoms with Crippen molar-refractivity contribution in [3.63, 3.8) is 0 Å². The number of hydrogen-bond donors (Lipinski definition) is 13. The van der Waals surface area contributed by atoms with Gasteiger partial charge in [0.1, 0.15) is 40.6 Å². The molecule has 0 radical (unpaired) electrons. The zero-order valence-electron chi connectivity index (χ0n) is 27.3. The topological polar surface area (TPSA) is 308 Å². The van der Waals surface area contributed by atoms with Crippen LogP contribution >= 0.6 is 0 Å². The number of esters is 1. The van der Waals surface area contributed by atoms with Crippen molar-refractivity contribution in [3.8, 4) is 80.5 Å². The second-order valence-corrected chi connectivity index (χ2v) is 12.7. The number of aliphatic hydroxyl groups is 1. The number of ether oxygens (including phenoxy) is 3. The lowest BCUT2D eigenvalue weighted by Crippen LogP contribution is -2.39. The molecule has 0 saturated heterocycles. The van der Waals surface area contributed by atoms with Crippen molar-refractivity contribution >= 4 is 5.97 Å². The van der Waals surface area contributed by atoms with Crippen LogP contribution in [0.4, 0.5) is 0 Å². The lowest BCUT2D eigenvalue weighted by atomic mass is 9.77. The minimum Gasteiger partial charge on any atom is -0.508 e. The molecule has 0 fully saturated rings. The van der Waals surface area contributed by atoms with Crippen LogP contribution in [0.15, 0.2) is 60.7 Å². The van der Waals surface area contributed by atoms with Crippen LogP contribution in [0.1, 0.15) is 56.3 Å². The van der Waals surface area contributed by atoms with Gasteiger partial charge in [0.15, 0.2) is 58.2 Å². The highest BCUT2D eigenvalue weighted by Crippen LogP contribution is 2.58. The number of phenolic OH excluding ortho intramolecular Hbond substituents is 12. The Morgan fingerprint density at radius 3 is 1.80 bits per heavy atom. The Bertz CT molecular complexity index is 2310. The van der Waals surface area contributed by atoms with E-state index in [2.05, 4.69) is 0 Å². The smallest absolute Gasteiger partial charge is 0.338 e. The van der Waals surface area contributed by atoms with Crippen LogP contribution in [-0.4, -0.2) is 84.6 Å². The number of carbonyl (C=O) groups excluding carboxylic acids is 1. The van der Waals surface area contributed by atoms with E-state index in [4.69, 9.17) is 14.2 Å². The number of benzene rings is 5. The van der Waals surface area contributed by atoms with Crippen molar-refractivity contribution < 1.29 is 85.4 Å². The van der Waals surface area contributed by atoms with Crippen molar-refractivity contribution in [1.82, 2.24) is 0 Å². The molecule has 54 heavy (non-hydrogen) atoms. The summed E-state index contributed by atoms with van der Waals surface area (Å²) < 4.78 is 18.3. The van der Waals surface area contributed by atoms with Gasteiger partial charge in [-0.2, -0.15) is 0 Å². The highest BCUT2D eigenvalue weighted by Gasteiger charge is 2.49. The van der Waals surface area contributed by atoms with Crippen LogP contribution in [0.2, 0.25) is 0 Å². The molecular weight excluding hydrogens is 716 g/mol. The Morgan fingerprint density at radius 2 is 1.17 bits per heavy atom. The van der Waals surface area contributed by atoms with E-state index in [9.17, 15) is 71.2 Å². The normalized spacial score (nSPS) is 20.2. The lowest BCUT2D eigenvalue weighted by Gasteiger charge is -2.41. The van der Waals surface area contributed by atoms with Crippen molar-refractivity contribution in [1.29, 1.82) is 0 Å². The number of fused-ring (bicyclic) bond motifs is 2. The van der Waals surface area contributed by atoms with E-state index in [1.165, 1.54) is 6.07 Å². The third-order valence-electron chi connectivity index (χ3n) is 9.29. The zero-order chi connectivity index (χ0) is 38.9.